The van der Waals surface area contributed by atoms with Crippen molar-refractivity contribution in [2.24, 2.45) is 0 Å². The van der Waals surface area contributed by atoms with Gasteiger partial charge in [-0.2, -0.15) is 0 Å². The molecule has 0 aliphatic carbocycles. The van der Waals surface area contributed by atoms with Gasteiger partial charge in [-0.25, -0.2) is 9.78 Å². The van der Waals surface area contributed by atoms with Crippen LogP contribution in [0.2, 0.25) is 0 Å². The lowest BCUT2D eigenvalue weighted by Crippen LogP contribution is -2.00. The number of ether oxygens (including phenoxy) is 1. The minimum absolute atomic E-state index is 0.363. The molecule has 80 valence electrons. The zero-order chi connectivity index (χ0) is 9.78. The van der Waals surface area contributed by atoms with Crippen LogP contribution in [-0.2, 0) is 14.5 Å². The van der Waals surface area contributed by atoms with Crippen molar-refractivity contribution in [3.8, 4) is 0 Å². The molecule has 0 aromatic rings. The first-order valence-corrected chi connectivity index (χ1v) is 4.52. The standard InChI is InChI=1S/C8H18O5/c9-12-7-3-1-5-11-6-2-4-8-13-10/h9-10H,1-8H2. The molecule has 0 aliphatic rings. The van der Waals surface area contributed by atoms with E-state index in [1.165, 1.54) is 0 Å². The molecule has 13 heavy (non-hydrogen) atoms. The summed E-state index contributed by atoms with van der Waals surface area (Å²) >= 11 is 0. The van der Waals surface area contributed by atoms with Crippen molar-refractivity contribution in [1.82, 2.24) is 0 Å². The lowest BCUT2D eigenvalue weighted by molar-refractivity contribution is -0.243. The van der Waals surface area contributed by atoms with Gasteiger partial charge in [-0.05, 0) is 25.7 Å². The number of hydrogen-bond donors (Lipinski definition) is 2. The maximum absolute atomic E-state index is 7.99. The van der Waals surface area contributed by atoms with Crippen LogP contribution in [0.3, 0.4) is 0 Å². The van der Waals surface area contributed by atoms with E-state index in [2.05, 4.69) is 9.78 Å². The molecule has 0 heterocycles. The molecule has 0 fully saturated rings. The van der Waals surface area contributed by atoms with Gasteiger partial charge >= 0.3 is 0 Å². The molecule has 0 atom stereocenters. The van der Waals surface area contributed by atoms with Crippen LogP contribution in [0.15, 0.2) is 0 Å². The summed E-state index contributed by atoms with van der Waals surface area (Å²) < 4.78 is 5.25. The van der Waals surface area contributed by atoms with Crippen molar-refractivity contribution >= 4 is 0 Å². The van der Waals surface area contributed by atoms with E-state index >= 15 is 0 Å². The monoisotopic (exact) mass is 194 g/mol. The minimum atomic E-state index is 0.363. The first-order chi connectivity index (χ1) is 6.41. The Labute approximate surface area is 78.1 Å². The molecule has 0 saturated carbocycles. The Morgan fingerprint density at radius 3 is 1.38 bits per heavy atom. The summed E-state index contributed by atoms with van der Waals surface area (Å²) in [5.74, 6) is 0. The van der Waals surface area contributed by atoms with Crippen LogP contribution in [0, 0.1) is 0 Å². The van der Waals surface area contributed by atoms with E-state index in [1.807, 2.05) is 0 Å². The lowest BCUT2D eigenvalue weighted by Gasteiger charge is -2.02. The Hall–Kier alpha value is -0.200. The highest BCUT2D eigenvalue weighted by Gasteiger charge is 1.91. The van der Waals surface area contributed by atoms with E-state index < -0.39 is 0 Å². The molecule has 0 saturated heterocycles. The topological polar surface area (TPSA) is 68.2 Å². The molecule has 5 heteroatoms. The number of rotatable bonds is 10. The first-order valence-electron chi connectivity index (χ1n) is 4.52. The fraction of sp³-hybridized carbons (Fsp3) is 1.00. The van der Waals surface area contributed by atoms with Crippen molar-refractivity contribution in [2.75, 3.05) is 26.4 Å². The molecule has 0 aromatic carbocycles. The van der Waals surface area contributed by atoms with E-state index in [9.17, 15) is 0 Å². The molecule has 2 N–H and O–H groups in total. The third-order valence-corrected chi connectivity index (χ3v) is 1.55. The van der Waals surface area contributed by atoms with E-state index in [4.69, 9.17) is 15.3 Å². The van der Waals surface area contributed by atoms with Gasteiger partial charge in [0.05, 0.1) is 13.2 Å². The van der Waals surface area contributed by atoms with Crippen LogP contribution in [0.1, 0.15) is 25.7 Å². The summed E-state index contributed by atoms with van der Waals surface area (Å²) in [6.45, 7) is 2.09. The summed E-state index contributed by atoms with van der Waals surface area (Å²) in [4.78, 5) is 7.80. The second-order valence-corrected chi connectivity index (χ2v) is 2.69. The summed E-state index contributed by atoms with van der Waals surface area (Å²) in [5, 5.41) is 16.0. The molecular formula is C8H18O5. The van der Waals surface area contributed by atoms with Crippen molar-refractivity contribution in [2.45, 2.75) is 25.7 Å². The molecule has 0 radical (unpaired) electrons. The fourth-order valence-electron chi connectivity index (χ4n) is 0.844. The van der Waals surface area contributed by atoms with Crippen LogP contribution in [0.25, 0.3) is 0 Å². The Kier molecular flexibility index (Phi) is 11.6. The van der Waals surface area contributed by atoms with Crippen molar-refractivity contribution in [3.05, 3.63) is 0 Å². The van der Waals surface area contributed by atoms with Crippen molar-refractivity contribution in [1.29, 1.82) is 0 Å². The van der Waals surface area contributed by atoms with Crippen LogP contribution in [-0.4, -0.2) is 36.9 Å². The third-order valence-electron chi connectivity index (χ3n) is 1.55. The van der Waals surface area contributed by atoms with Gasteiger partial charge in [0, 0.05) is 13.2 Å². The second-order valence-electron chi connectivity index (χ2n) is 2.69. The maximum atomic E-state index is 7.99. The highest BCUT2D eigenvalue weighted by atomic mass is 17.1. The van der Waals surface area contributed by atoms with E-state index in [-0.39, 0.29) is 0 Å². The largest absolute Gasteiger partial charge is 0.381 e. The summed E-state index contributed by atoms with van der Waals surface area (Å²) in [5.41, 5.74) is 0. The molecule has 0 bridgehead atoms. The first kappa shape index (κ1) is 12.8. The van der Waals surface area contributed by atoms with Gasteiger partial charge in [-0.3, -0.25) is 10.5 Å². The predicted molar refractivity (Wildman–Crippen MR) is 46.4 cm³/mol. The zero-order valence-electron chi connectivity index (χ0n) is 7.78. The fourth-order valence-corrected chi connectivity index (χ4v) is 0.844. The highest BCUT2D eigenvalue weighted by molar-refractivity contribution is 4.39. The maximum Gasteiger partial charge on any atom is 0.0820 e. The molecule has 0 spiro atoms. The molecule has 5 nitrogen and oxygen atoms in total. The van der Waals surface area contributed by atoms with Crippen molar-refractivity contribution < 1.29 is 25.0 Å². The number of hydrogen-bond acceptors (Lipinski definition) is 5. The number of unbranched alkanes of at least 4 members (excludes halogenated alkanes) is 2. The van der Waals surface area contributed by atoms with Gasteiger partial charge in [0.2, 0.25) is 0 Å². The Morgan fingerprint density at radius 1 is 0.615 bits per heavy atom. The third kappa shape index (κ3) is 11.8. The van der Waals surface area contributed by atoms with E-state index in [0.717, 1.165) is 25.7 Å². The SMILES string of the molecule is OOCCCCOCCCCOO. The molecule has 0 aliphatic heterocycles. The average Bonchev–Trinajstić information content (AvgIpc) is 2.16. The van der Waals surface area contributed by atoms with Gasteiger partial charge < -0.3 is 4.74 Å². The summed E-state index contributed by atoms with van der Waals surface area (Å²) in [6.07, 6.45) is 3.38. The molecular weight excluding hydrogens is 176 g/mol. The zero-order valence-corrected chi connectivity index (χ0v) is 7.78. The van der Waals surface area contributed by atoms with Crippen LogP contribution in [0.4, 0.5) is 0 Å². The van der Waals surface area contributed by atoms with E-state index in [1.54, 1.807) is 0 Å². The normalized spacial score (nSPS) is 10.6. The Bertz CT molecular complexity index is 78.6. The quantitative estimate of drug-likeness (QED) is 0.313. The molecule has 0 unspecified atom stereocenters. The molecule has 0 rings (SSSR count). The van der Waals surface area contributed by atoms with Gasteiger partial charge in [0.25, 0.3) is 0 Å². The summed E-state index contributed by atoms with van der Waals surface area (Å²) in [6, 6.07) is 0. The predicted octanol–water partition coefficient (Wildman–Crippen LogP) is 1.54. The van der Waals surface area contributed by atoms with Crippen LogP contribution >= 0.6 is 0 Å². The van der Waals surface area contributed by atoms with Crippen molar-refractivity contribution in [3.63, 3.8) is 0 Å². The van der Waals surface area contributed by atoms with Gasteiger partial charge in [0.1, 0.15) is 0 Å². The van der Waals surface area contributed by atoms with Crippen LogP contribution < -0.4 is 0 Å². The lowest BCUT2D eigenvalue weighted by atomic mass is 10.3. The smallest absolute Gasteiger partial charge is 0.0820 e. The van der Waals surface area contributed by atoms with Gasteiger partial charge in [-0.1, -0.05) is 0 Å². The molecule has 0 amide bonds. The second kappa shape index (κ2) is 11.8. The van der Waals surface area contributed by atoms with Gasteiger partial charge in [-0.15, -0.1) is 0 Å². The average molecular weight is 194 g/mol. The highest BCUT2D eigenvalue weighted by Crippen LogP contribution is 1.94. The van der Waals surface area contributed by atoms with Gasteiger partial charge in [0.15, 0.2) is 0 Å². The van der Waals surface area contributed by atoms with Crippen LogP contribution in [0.5, 0.6) is 0 Å². The minimum Gasteiger partial charge on any atom is -0.381 e. The van der Waals surface area contributed by atoms with E-state index in [0.29, 0.717) is 26.4 Å². The Morgan fingerprint density at radius 2 is 1.00 bits per heavy atom. The Balaban J connectivity index is 2.76. The summed E-state index contributed by atoms with van der Waals surface area (Å²) in [7, 11) is 0. The molecule has 0 aromatic heterocycles.